The minimum absolute atomic E-state index is 0.691. The summed E-state index contributed by atoms with van der Waals surface area (Å²) in [5.74, 6) is 2.11. The lowest BCUT2D eigenvalue weighted by atomic mass is 10.1. The number of thiophene rings is 2. The quantitative estimate of drug-likeness (QED) is 0.259. The van der Waals surface area contributed by atoms with Crippen LogP contribution in [0.25, 0.3) is 63.7 Å². The largest absolute Gasteiger partial charge is 0.208 e. The van der Waals surface area contributed by atoms with Crippen molar-refractivity contribution < 1.29 is 0 Å². The predicted octanol–water partition coefficient (Wildman–Crippen LogP) is 8.46. The summed E-state index contributed by atoms with van der Waals surface area (Å²) in [5, 5.41) is 3.71. The lowest BCUT2D eigenvalue weighted by Crippen LogP contribution is -1.99. The first-order chi connectivity index (χ1) is 16.8. The topological polar surface area (TPSA) is 38.7 Å². The fraction of sp³-hybridized carbons (Fsp3) is 0. The molecule has 3 nitrogen and oxygen atoms in total. The second-order valence-electron chi connectivity index (χ2n) is 8.10. The standard InChI is InChI=1S/C29H17N3S2/c1-2-9-18(10-3-1)27-30-28(32-29(31-27)25-17-19-11-4-6-15-23(19)33-25)22-14-8-13-21-20-12-5-7-16-24(20)34-26(21)22/h1-17H. The first kappa shape index (κ1) is 19.5. The average molecular weight is 472 g/mol. The van der Waals surface area contributed by atoms with Gasteiger partial charge in [-0.1, -0.05) is 78.9 Å². The average Bonchev–Trinajstić information content (AvgIpc) is 3.51. The van der Waals surface area contributed by atoms with Crippen molar-refractivity contribution in [2.24, 2.45) is 0 Å². The van der Waals surface area contributed by atoms with Gasteiger partial charge in [-0.05, 0) is 29.7 Å². The molecule has 0 bridgehead atoms. The summed E-state index contributed by atoms with van der Waals surface area (Å²) in [6.45, 7) is 0. The fourth-order valence-electron chi connectivity index (χ4n) is 4.34. The molecule has 34 heavy (non-hydrogen) atoms. The Labute approximate surface area is 204 Å². The molecule has 0 fully saturated rings. The van der Waals surface area contributed by atoms with E-state index < -0.39 is 0 Å². The van der Waals surface area contributed by atoms with Gasteiger partial charge in [0.25, 0.3) is 0 Å². The van der Waals surface area contributed by atoms with Crippen LogP contribution in [0.1, 0.15) is 0 Å². The zero-order valence-corrected chi connectivity index (χ0v) is 19.6. The van der Waals surface area contributed by atoms with Crippen molar-refractivity contribution >= 4 is 52.9 Å². The molecule has 0 spiro atoms. The lowest BCUT2D eigenvalue weighted by Gasteiger charge is -2.08. The van der Waals surface area contributed by atoms with Crippen LogP contribution in [0.4, 0.5) is 0 Å². The predicted molar refractivity (Wildman–Crippen MR) is 144 cm³/mol. The highest BCUT2D eigenvalue weighted by Gasteiger charge is 2.17. The zero-order valence-electron chi connectivity index (χ0n) is 18.0. The van der Waals surface area contributed by atoms with E-state index in [4.69, 9.17) is 15.0 Å². The Morgan fingerprint density at radius 2 is 1.21 bits per heavy atom. The van der Waals surface area contributed by atoms with Gasteiger partial charge in [-0.15, -0.1) is 22.7 Å². The molecule has 3 heterocycles. The van der Waals surface area contributed by atoms with Gasteiger partial charge in [0.2, 0.25) is 0 Å². The Hall–Kier alpha value is -3.93. The SMILES string of the molecule is c1ccc(-c2nc(-c3cc4ccccc4s3)nc(-c3cccc4c3sc3ccccc34)n2)cc1. The molecule has 3 aromatic heterocycles. The van der Waals surface area contributed by atoms with Crippen LogP contribution in [-0.4, -0.2) is 15.0 Å². The highest BCUT2D eigenvalue weighted by atomic mass is 32.1. The maximum Gasteiger partial charge on any atom is 0.174 e. The molecule has 0 radical (unpaired) electrons. The van der Waals surface area contributed by atoms with Gasteiger partial charge in [-0.2, -0.15) is 0 Å². The molecule has 0 atom stereocenters. The van der Waals surface area contributed by atoms with Gasteiger partial charge < -0.3 is 0 Å². The summed E-state index contributed by atoms with van der Waals surface area (Å²) in [4.78, 5) is 15.9. The van der Waals surface area contributed by atoms with Gasteiger partial charge in [0.1, 0.15) is 0 Å². The van der Waals surface area contributed by atoms with Gasteiger partial charge in [-0.25, -0.2) is 15.0 Å². The Kier molecular flexibility index (Phi) is 4.50. The molecule has 5 heteroatoms. The van der Waals surface area contributed by atoms with Crippen LogP contribution < -0.4 is 0 Å². The van der Waals surface area contributed by atoms with Crippen LogP contribution in [0.15, 0.2) is 103 Å². The molecular weight excluding hydrogens is 454 g/mol. The van der Waals surface area contributed by atoms with Crippen LogP contribution in [0.3, 0.4) is 0 Å². The van der Waals surface area contributed by atoms with Gasteiger partial charge in [-0.3, -0.25) is 0 Å². The van der Waals surface area contributed by atoms with Crippen LogP contribution >= 0.6 is 22.7 Å². The molecule has 0 aliphatic carbocycles. The van der Waals surface area contributed by atoms with E-state index in [9.17, 15) is 0 Å². The maximum atomic E-state index is 5.01. The smallest absolute Gasteiger partial charge is 0.174 e. The van der Waals surface area contributed by atoms with Crippen molar-refractivity contribution in [1.29, 1.82) is 0 Å². The van der Waals surface area contributed by atoms with Crippen molar-refractivity contribution in [3.63, 3.8) is 0 Å². The number of nitrogens with zero attached hydrogens (tertiary/aromatic N) is 3. The molecule has 0 saturated carbocycles. The number of fused-ring (bicyclic) bond motifs is 4. The Balaban J connectivity index is 1.50. The summed E-state index contributed by atoms with van der Waals surface area (Å²) in [6, 6.07) is 35.7. The van der Waals surface area contributed by atoms with Gasteiger partial charge in [0.15, 0.2) is 17.5 Å². The van der Waals surface area contributed by atoms with E-state index in [-0.39, 0.29) is 0 Å². The molecular formula is C29H17N3S2. The van der Waals surface area contributed by atoms with Crippen molar-refractivity contribution in [2.75, 3.05) is 0 Å². The third kappa shape index (κ3) is 3.21. The van der Waals surface area contributed by atoms with Crippen LogP contribution in [-0.2, 0) is 0 Å². The Morgan fingerprint density at radius 1 is 0.500 bits per heavy atom. The van der Waals surface area contributed by atoms with Crippen molar-refractivity contribution in [1.82, 2.24) is 15.0 Å². The second-order valence-corrected chi connectivity index (χ2v) is 10.2. The minimum atomic E-state index is 0.691. The van der Waals surface area contributed by atoms with Crippen LogP contribution in [0.5, 0.6) is 0 Å². The van der Waals surface area contributed by atoms with Crippen molar-refractivity contribution in [3.8, 4) is 33.5 Å². The molecule has 7 rings (SSSR count). The molecule has 7 aromatic rings. The van der Waals surface area contributed by atoms with E-state index in [2.05, 4.69) is 72.8 Å². The number of hydrogen-bond acceptors (Lipinski definition) is 5. The molecule has 0 aliphatic rings. The summed E-state index contributed by atoms with van der Waals surface area (Å²) < 4.78 is 3.70. The highest BCUT2D eigenvalue weighted by molar-refractivity contribution is 7.26. The minimum Gasteiger partial charge on any atom is -0.208 e. The number of aromatic nitrogens is 3. The lowest BCUT2D eigenvalue weighted by molar-refractivity contribution is 1.08. The zero-order chi connectivity index (χ0) is 22.5. The van der Waals surface area contributed by atoms with E-state index in [1.165, 1.54) is 30.3 Å². The molecule has 0 saturated heterocycles. The van der Waals surface area contributed by atoms with Crippen molar-refractivity contribution in [2.45, 2.75) is 0 Å². The summed E-state index contributed by atoms with van der Waals surface area (Å²) in [7, 11) is 0. The van der Waals surface area contributed by atoms with E-state index in [1.54, 1.807) is 22.7 Å². The second kappa shape index (κ2) is 7.83. The Morgan fingerprint density at radius 3 is 2.09 bits per heavy atom. The molecule has 0 N–H and O–H groups in total. The number of rotatable bonds is 3. The normalized spacial score (nSPS) is 11.5. The Bertz CT molecular complexity index is 1780. The summed E-state index contributed by atoms with van der Waals surface area (Å²) >= 11 is 3.51. The van der Waals surface area contributed by atoms with E-state index in [0.717, 1.165) is 16.0 Å². The summed E-state index contributed by atoms with van der Waals surface area (Å²) in [5.41, 5.74) is 2.03. The van der Waals surface area contributed by atoms with E-state index >= 15 is 0 Å². The molecule has 0 unspecified atom stereocenters. The third-order valence-corrected chi connectivity index (χ3v) is 8.29. The molecule has 4 aromatic carbocycles. The van der Waals surface area contributed by atoms with E-state index in [1.807, 2.05) is 30.3 Å². The third-order valence-electron chi connectivity index (χ3n) is 5.96. The molecule has 160 valence electrons. The van der Waals surface area contributed by atoms with Gasteiger partial charge >= 0.3 is 0 Å². The number of hydrogen-bond donors (Lipinski definition) is 0. The van der Waals surface area contributed by atoms with Crippen molar-refractivity contribution in [3.05, 3.63) is 103 Å². The highest BCUT2D eigenvalue weighted by Crippen LogP contribution is 2.40. The first-order valence-corrected chi connectivity index (χ1v) is 12.7. The summed E-state index contributed by atoms with van der Waals surface area (Å²) in [6.07, 6.45) is 0. The first-order valence-electron chi connectivity index (χ1n) is 11.0. The monoisotopic (exact) mass is 471 g/mol. The van der Waals surface area contributed by atoms with E-state index in [0.29, 0.717) is 17.5 Å². The van der Waals surface area contributed by atoms with Crippen LogP contribution in [0.2, 0.25) is 0 Å². The van der Waals surface area contributed by atoms with Gasteiger partial charge in [0, 0.05) is 36.0 Å². The number of benzene rings is 4. The van der Waals surface area contributed by atoms with Gasteiger partial charge in [0.05, 0.1) is 4.88 Å². The fourth-order valence-corrected chi connectivity index (χ4v) is 6.55. The molecule has 0 amide bonds. The van der Waals surface area contributed by atoms with Crippen LogP contribution in [0, 0.1) is 0 Å². The molecule has 0 aliphatic heterocycles. The maximum absolute atomic E-state index is 5.01.